The fourth-order valence-corrected chi connectivity index (χ4v) is 1.88. The maximum Gasteiger partial charge on any atom is 0.306 e. The van der Waals surface area contributed by atoms with E-state index in [2.05, 4.69) is 13.2 Å². The Balaban J connectivity index is 2.54. The van der Waals surface area contributed by atoms with Crippen LogP contribution in [-0.2, 0) is 9.53 Å². The zero-order valence-corrected chi connectivity index (χ0v) is 8.63. The van der Waals surface area contributed by atoms with Crippen LogP contribution in [0.4, 0.5) is 0 Å². The maximum absolute atomic E-state index is 11.1. The second-order valence-electron chi connectivity index (χ2n) is 3.81. The number of allylic oxidation sites excluding steroid dienone is 2. The van der Waals surface area contributed by atoms with Gasteiger partial charge in [-0.1, -0.05) is 12.2 Å². The first-order valence-corrected chi connectivity index (χ1v) is 5.16. The van der Waals surface area contributed by atoms with Crippen molar-refractivity contribution in [1.29, 1.82) is 0 Å². The van der Waals surface area contributed by atoms with Crippen molar-refractivity contribution in [2.45, 2.75) is 44.1 Å². The zero-order valence-electron chi connectivity index (χ0n) is 8.63. The van der Waals surface area contributed by atoms with Gasteiger partial charge in [0.05, 0.1) is 0 Å². The van der Waals surface area contributed by atoms with Crippen LogP contribution in [0.3, 0.4) is 0 Å². The van der Waals surface area contributed by atoms with E-state index in [1.807, 2.05) is 12.2 Å². The Kier molecular flexibility index (Phi) is 3.93. The van der Waals surface area contributed by atoms with E-state index in [0.717, 1.165) is 32.1 Å². The first-order valence-electron chi connectivity index (χ1n) is 5.16. The predicted molar refractivity (Wildman–Crippen MR) is 56.9 cm³/mol. The highest BCUT2D eigenvalue weighted by Crippen LogP contribution is 2.35. The smallest absolute Gasteiger partial charge is 0.306 e. The van der Waals surface area contributed by atoms with Crippen molar-refractivity contribution in [3.63, 3.8) is 0 Å². The molecule has 0 radical (unpaired) electrons. The summed E-state index contributed by atoms with van der Waals surface area (Å²) < 4.78 is 5.42. The third-order valence-electron chi connectivity index (χ3n) is 2.72. The molecule has 1 fully saturated rings. The lowest BCUT2D eigenvalue weighted by Gasteiger charge is -2.26. The fraction of sp³-hybridized carbons (Fsp3) is 0.583. The summed E-state index contributed by atoms with van der Waals surface area (Å²) >= 11 is 0. The number of ether oxygens (including phenoxy) is 1. The minimum atomic E-state index is -0.223. The molecule has 2 heteroatoms. The summed E-state index contributed by atoms with van der Waals surface area (Å²) in [5.41, 5.74) is -0.223. The van der Waals surface area contributed by atoms with Gasteiger partial charge in [0.1, 0.15) is 5.60 Å². The molecule has 78 valence electrons. The Morgan fingerprint density at radius 1 is 1.29 bits per heavy atom. The van der Waals surface area contributed by atoms with Gasteiger partial charge in [0, 0.05) is 6.42 Å². The molecule has 0 aromatic carbocycles. The quantitative estimate of drug-likeness (QED) is 0.480. The molecule has 2 nitrogen and oxygen atoms in total. The van der Waals surface area contributed by atoms with Gasteiger partial charge in [-0.15, -0.1) is 13.2 Å². The molecular weight excluding hydrogens is 176 g/mol. The number of hydrogen-bond donors (Lipinski definition) is 0. The highest BCUT2D eigenvalue weighted by atomic mass is 16.6. The maximum atomic E-state index is 11.1. The first kappa shape index (κ1) is 11.0. The van der Waals surface area contributed by atoms with Crippen molar-refractivity contribution in [2.75, 3.05) is 0 Å². The minimum absolute atomic E-state index is 0.0573. The molecule has 0 unspecified atom stereocenters. The average molecular weight is 194 g/mol. The second kappa shape index (κ2) is 4.99. The molecule has 0 atom stereocenters. The van der Waals surface area contributed by atoms with Crippen LogP contribution in [0.15, 0.2) is 25.3 Å². The average Bonchev–Trinajstić information content (AvgIpc) is 2.55. The van der Waals surface area contributed by atoms with Crippen LogP contribution in [0.5, 0.6) is 0 Å². The topological polar surface area (TPSA) is 26.3 Å². The monoisotopic (exact) mass is 194 g/mol. The molecular formula is C12H18O2. The number of hydrogen-bond acceptors (Lipinski definition) is 2. The first-order chi connectivity index (χ1) is 6.72. The van der Waals surface area contributed by atoms with E-state index < -0.39 is 0 Å². The van der Waals surface area contributed by atoms with Gasteiger partial charge in [-0.2, -0.15) is 0 Å². The van der Waals surface area contributed by atoms with Crippen LogP contribution < -0.4 is 0 Å². The summed E-state index contributed by atoms with van der Waals surface area (Å²) in [5, 5.41) is 0. The molecule has 14 heavy (non-hydrogen) atoms. The van der Waals surface area contributed by atoms with Crippen LogP contribution >= 0.6 is 0 Å². The van der Waals surface area contributed by atoms with Crippen LogP contribution in [0.1, 0.15) is 38.5 Å². The molecule has 1 heterocycles. The van der Waals surface area contributed by atoms with E-state index in [1.165, 1.54) is 0 Å². The highest BCUT2D eigenvalue weighted by Gasteiger charge is 2.38. The van der Waals surface area contributed by atoms with Gasteiger partial charge in [-0.3, -0.25) is 4.79 Å². The van der Waals surface area contributed by atoms with Crippen molar-refractivity contribution in [3.05, 3.63) is 25.3 Å². The summed E-state index contributed by atoms with van der Waals surface area (Å²) in [4.78, 5) is 11.1. The molecule has 0 bridgehead atoms. The summed E-state index contributed by atoms with van der Waals surface area (Å²) in [6.07, 6.45) is 8.78. The van der Waals surface area contributed by atoms with Crippen molar-refractivity contribution in [1.82, 2.24) is 0 Å². The van der Waals surface area contributed by atoms with Crippen molar-refractivity contribution in [3.8, 4) is 0 Å². The van der Waals surface area contributed by atoms with Crippen molar-refractivity contribution < 1.29 is 9.53 Å². The lowest BCUT2D eigenvalue weighted by molar-refractivity contribution is -0.149. The molecule has 0 saturated carbocycles. The van der Waals surface area contributed by atoms with Crippen molar-refractivity contribution in [2.24, 2.45) is 0 Å². The molecule has 1 aliphatic heterocycles. The molecule has 1 saturated heterocycles. The normalized spacial score (nSPS) is 19.0. The minimum Gasteiger partial charge on any atom is -0.459 e. The second-order valence-corrected chi connectivity index (χ2v) is 3.81. The lowest BCUT2D eigenvalue weighted by Crippen LogP contribution is -2.28. The molecule has 1 rings (SSSR count). The standard InChI is InChI=1S/C12H18O2/c1-3-5-8-12(9-6-4-2)10-7-11(13)14-12/h3-4H,1-2,5-10H2. The molecule has 0 amide bonds. The van der Waals surface area contributed by atoms with Gasteiger partial charge < -0.3 is 4.74 Å². The Morgan fingerprint density at radius 3 is 2.21 bits per heavy atom. The zero-order chi connectivity index (χ0) is 10.4. The van der Waals surface area contributed by atoms with E-state index in [0.29, 0.717) is 6.42 Å². The van der Waals surface area contributed by atoms with E-state index in [9.17, 15) is 4.79 Å². The predicted octanol–water partition coefficient (Wildman–Crippen LogP) is 2.99. The van der Waals surface area contributed by atoms with Crippen LogP contribution in [0.2, 0.25) is 0 Å². The number of carbonyl (C=O) groups is 1. The van der Waals surface area contributed by atoms with Crippen LogP contribution in [0, 0.1) is 0 Å². The number of carbonyl (C=O) groups excluding carboxylic acids is 1. The lowest BCUT2D eigenvalue weighted by atomic mass is 9.89. The molecule has 0 spiro atoms. The summed E-state index contributed by atoms with van der Waals surface area (Å²) in [7, 11) is 0. The molecule has 0 aromatic rings. The third kappa shape index (κ3) is 2.72. The number of cyclic esters (lactones) is 1. The Morgan fingerprint density at radius 2 is 1.86 bits per heavy atom. The van der Waals surface area contributed by atoms with Gasteiger partial charge in [0.15, 0.2) is 0 Å². The van der Waals surface area contributed by atoms with Gasteiger partial charge in [0.25, 0.3) is 0 Å². The largest absolute Gasteiger partial charge is 0.459 e. The number of rotatable bonds is 6. The van der Waals surface area contributed by atoms with Crippen LogP contribution in [-0.4, -0.2) is 11.6 Å². The Labute approximate surface area is 85.6 Å². The summed E-state index contributed by atoms with van der Waals surface area (Å²) in [6.45, 7) is 7.38. The molecule has 0 N–H and O–H groups in total. The van der Waals surface area contributed by atoms with Crippen LogP contribution in [0.25, 0.3) is 0 Å². The number of esters is 1. The van der Waals surface area contributed by atoms with Gasteiger partial charge in [0.2, 0.25) is 0 Å². The Bertz CT molecular complexity index is 218. The third-order valence-corrected chi connectivity index (χ3v) is 2.72. The van der Waals surface area contributed by atoms with Gasteiger partial charge >= 0.3 is 5.97 Å². The van der Waals surface area contributed by atoms with Gasteiger partial charge in [-0.25, -0.2) is 0 Å². The molecule has 0 aromatic heterocycles. The van der Waals surface area contributed by atoms with E-state index in [-0.39, 0.29) is 11.6 Å². The fourth-order valence-electron chi connectivity index (χ4n) is 1.88. The van der Waals surface area contributed by atoms with E-state index in [1.54, 1.807) is 0 Å². The molecule has 0 aliphatic carbocycles. The summed E-state index contributed by atoms with van der Waals surface area (Å²) in [5.74, 6) is -0.0573. The SMILES string of the molecule is C=CCCC1(CCC=C)CCC(=O)O1. The van der Waals surface area contributed by atoms with E-state index in [4.69, 9.17) is 4.74 Å². The molecule has 1 aliphatic rings. The Hall–Kier alpha value is -1.05. The highest BCUT2D eigenvalue weighted by molar-refractivity contribution is 5.72. The van der Waals surface area contributed by atoms with Crippen molar-refractivity contribution >= 4 is 5.97 Å². The van der Waals surface area contributed by atoms with E-state index >= 15 is 0 Å². The van der Waals surface area contributed by atoms with Gasteiger partial charge in [-0.05, 0) is 32.1 Å². The summed E-state index contributed by atoms with van der Waals surface area (Å²) in [6, 6.07) is 0.